The second-order valence-corrected chi connectivity index (χ2v) is 9.19. The number of hydrogen-bond donors (Lipinski definition) is 2. The van der Waals surface area contributed by atoms with E-state index in [1.54, 1.807) is 0 Å². The maximum Gasteiger partial charge on any atom is 0.226 e. The first-order valence-corrected chi connectivity index (χ1v) is 11.8. The van der Waals surface area contributed by atoms with E-state index in [1.165, 1.54) is 11.3 Å². The fraction of sp³-hybridized carbons (Fsp3) is 0.542. The summed E-state index contributed by atoms with van der Waals surface area (Å²) in [7, 11) is 0. The summed E-state index contributed by atoms with van der Waals surface area (Å²) in [4.78, 5) is 16.9. The zero-order valence-electron chi connectivity index (χ0n) is 19.6. The molecule has 0 radical (unpaired) electrons. The minimum absolute atomic E-state index is 0.348. The number of benzene rings is 1. The van der Waals surface area contributed by atoms with Crippen LogP contribution in [0.1, 0.15) is 26.3 Å². The summed E-state index contributed by atoms with van der Waals surface area (Å²) in [5.74, 6) is 0.781. The number of aryl methyl sites for hydroxylation is 1. The van der Waals surface area contributed by atoms with Crippen LogP contribution in [0.25, 0.3) is 22.3 Å². The predicted octanol–water partition coefficient (Wildman–Crippen LogP) is 2.66. The van der Waals surface area contributed by atoms with Crippen molar-refractivity contribution in [3.8, 4) is 11.3 Å². The van der Waals surface area contributed by atoms with Crippen LogP contribution in [0.3, 0.4) is 0 Å². The summed E-state index contributed by atoms with van der Waals surface area (Å²) in [6.45, 7) is 16.3. The van der Waals surface area contributed by atoms with Gasteiger partial charge < -0.3 is 20.0 Å². The molecule has 2 fully saturated rings. The van der Waals surface area contributed by atoms with Crippen LogP contribution in [0.15, 0.2) is 24.4 Å². The first-order valence-electron chi connectivity index (χ1n) is 11.8. The van der Waals surface area contributed by atoms with Crippen molar-refractivity contribution in [2.24, 2.45) is 0 Å². The molecule has 0 bridgehead atoms. The molecule has 32 heavy (non-hydrogen) atoms. The number of likely N-dealkylation sites (N-methyl/N-ethyl adjacent to an activating group) is 1. The summed E-state index contributed by atoms with van der Waals surface area (Å²) in [5.41, 5.74) is 6.35. The number of fused-ring (bicyclic) bond motifs is 1. The second kappa shape index (κ2) is 8.67. The third-order valence-electron chi connectivity index (χ3n) is 6.98. The number of nitrogens with one attached hydrogen (secondary N) is 2. The van der Waals surface area contributed by atoms with Crippen LogP contribution >= 0.6 is 0 Å². The molecule has 4 heterocycles. The molecule has 2 atom stereocenters. The standard InChI is InChI=1S/C24H34N8/c1-5-30-8-10-31(11-9-30)21-7-6-19(12-16(21)2)22-23-20(28-29-22)15-26-24(27-23)32-17(3)13-25-14-18(32)4/h6-7,12,15,17-18,25H,5,8-11,13-14H2,1-4H3,(H,28,29)/t17-,18+. The first kappa shape index (κ1) is 21.2. The van der Waals surface area contributed by atoms with Gasteiger partial charge >= 0.3 is 0 Å². The molecule has 0 saturated carbocycles. The van der Waals surface area contributed by atoms with Gasteiger partial charge in [0, 0.05) is 62.6 Å². The maximum atomic E-state index is 4.97. The van der Waals surface area contributed by atoms with Gasteiger partial charge in [-0.15, -0.1) is 0 Å². The molecule has 2 aliphatic rings. The molecule has 0 spiro atoms. The van der Waals surface area contributed by atoms with Gasteiger partial charge in [-0.25, -0.2) is 9.97 Å². The Labute approximate surface area is 190 Å². The molecule has 8 heteroatoms. The topological polar surface area (TPSA) is 76.2 Å². The minimum atomic E-state index is 0.348. The van der Waals surface area contributed by atoms with E-state index in [-0.39, 0.29) is 0 Å². The van der Waals surface area contributed by atoms with Crippen LogP contribution in [-0.4, -0.2) is 83.0 Å². The lowest BCUT2D eigenvalue weighted by molar-refractivity contribution is 0.271. The van der Waals surface area contributed by atoms with Crippen molar-refractivity contribution in [2.75, 3.05) is 55.6 Å². The van der Waals surface area contributed by atoms with Gasteiger partial charge in [-0.05, 0) is 45.0 Å². The Balaban J connectivity index is 1.45. The van der Waals surface area contributed by atoms with Crippen molar-refractivity contribution in [3.63, 3.8) is 0 Å². The largest absolute Gasteiger partial charge is 0.369 e. The van der Waals surface area contributed by atoms with Crippen molar-refractivity contribution >= 4 is 22.7 Å². The van der Waals surface area contributed by atoms with E-state index in [0.29, 0.717) is 12.1 Å². The summed E-state index contributed by atoms with van der Waals surface area (Å²) >= 11 is 0. The van der Waals surface area contributed by atoms with Gasteiger partial charge in [0.15, 0.2) is 0 Å². The molecule has 170 valence electrons. The van der Waals surface area contributed by atoms with E-state index in [4.69, 9.17) is 4.98 Å². The molecule has 2 aromatic heterocycles. The lowest BCUT2D eigenvalue weighted by Gasteiger charge is -2.39. The highest BCUT2D eigenvalue weighted by molar-refractivity contribution is 5.90. The maximum absolute atomic E-state index is 4.97. The zero-order valence-corrected chi connectivity index (χ0v) is 19.6. The molecule has 3 aromatic rings. The van der Waals surface area contributed by atoms with Gasteiger partial charge in [-0.3, -0.25) is 5.10 Å². The van der Waals surface area contributed by atoms with E-state index in [9.17, 15) is 0 Å². The highest BCUT2D eigenvalue weighted by atomic mass is 15.3. The van der Waals surface area contributed by atoms with E-state index >= 15 is 0 Å². The Morgan fingerprint density at radius 3 is 2.50 bits per heavy atom. The van der Waals surface area contributed by atoms with E-state index in [1.807, 2.05) is 6.20 Å². The predicted molar refractivity (Wildman–Crippen MR) is 130 cm³/mol. The van der Waals surface area contributed by atoms with Gasteiger partial charge in [-0.1, -0.05) is 13.0 Å². The minimum Gasteiger partial charge on any atom is -0.369 e. The van der Waals surface area contributed by atoms with Gasteiger partial charge in [0.1, 0.15) is 16.7 Å². The van der Waals surface area contributed by atoms with E-state index in [0.717, 1.165) is 74.1 Å². The third-order valence-corrected chi connectivity index (χ3v) is 6.98. The average Bonchev–Trinajstić information content (AvgIpc) is 3.22. The van der Waals surface area contributed by atoms with Gasteiger partial charge in [0.2, 0.25) is 5.95 Å². The summed E-state index contributed by atoms with van der Waals surface area (Å²) in [5, 5.41) is 11.2. The number of piperazine rings is 2. The first-order chi connectivity index (χ1) is 15.5. The molecule has 2 saturated heterocycles. The van der Waals surface area contributed by atoms with Crippen LogP contribution < -0.4 is 15.1 Å². The van der Waals surface area contributed by atoms with Crippen molar-refractivity contribution < 1.29 is 0 Å². The number of anilines is 2. The number of aromatic amines is 1. The molecule has 5 rings (SSSR count). The van der Waals surface area contributed by atoms with Crippen LogP contribution in [0.4, 0.5) is 11.6 Å². The quantitative estimate of drug-likeness (QED) is 0.654. The lowest BCUT2D eigenvalue weighted by atomic mass is 10.0. The smallest absolute Gasteiger partial charge is 0.226 e. The SMILES string of the molecule is CCN1CCN(c2ccc(-c3n[nH]c4cnc(N5[C@H](C)CNC[C@@H]5C)nc34)cc2C)CC1. The molecule has 0 unspecified atom stereocenters. The van der Waals surface area contributed by atoms with Crippen molar-refractivity contribution in [1.29, 1.82) is 0 Å². The third kappa shape index (κ3) is 3.82. The molecule has 8 nitrogen and oxygen atoms in total. The van der Waals surface area contributed by atoms with Crippen molar-refractivity contribution in [3.05, 3.63) is 30.0 Å². The van der Waals surface area contributed by atoms with E-state index < -0.39 is 0 Å². The van der Waals surface area contributed by atoms with Crippen molar-refractivity contribution in [2.45, 2.75) is 39.8 Å². The highest BCUT2D eigenvalue weighted by Crippen LogP contribution is 2.31. The molecular formula is C24H34N8. The summed E-state index contributed by atoms with van der Waals surface area (Å²) < 4.78 is 0. The molecule has 2 aliphatic heterocycles. The second-order valence-electron chi connectivity index (χ2n) is 9.19. The van der Waals surface area contributed by atoms with Crippen LogP contribution in [0, 0.1) is 6.92 Å². The fourth-order valence-corrected chi connectivity index (χ4v) is 5.12. The average molecular weight is 435 g/mol. The summed E-state index contributed by atoms with van der Waals surface area (Å²) in [6.07, 6.45) is 1.87. The lowest BCUT2D eigenvalue weighted by Crippen LogP contribution is -2.55. The van der Waals surface area contributed by atoms with Crippen LogP contribution in [0.5, 0.6) is 0 Å². The Morgan fingerprint density at radius 1 is 1.06 bits per heavy atom. The number of H-pyrrole nitrogens is 1. The highest BCUT2D eigenvalue weighted by Gasteiger charge is 2.27. The van der Waals surface area contributed by atoms with Gasteiger partial charge in [0.25, 0.3) is 0 Å². The number of hydrogen-bond acceptors (Lipinski definition) is 7. The number of rotatable bonds is 4. The zero-order chi connectivity index (χ0) is 22.2. The Bertz CT molecular complexity index is 1070. The fourth-order valence-electron chi connectivity index (χ4n) is 5.12. The Hall–Kier alpha value is -2.71. The van der Waals surface area contributed by atoms with Gasteiger partial charge in [-0.2, -0.15) is 5.10 Å². The Morgan fingerprint density at radius 2 is 1.81 bits per heavy atom. The molecule has 2 N–H and O–H groups in total. The molecule has 0 amide bonds. The number of aromatic nitrogens is 4. The summed E-state index contributed by atoms with van der Waals surface area (Å²) in [6, 6.07) is 7.37. The molecule has 0 aliphatic carbocycles. The van der Waals surface area contributed by atoms with Crippen LogP contribution in [-0.2, 0) is 0 Å². The van der Waals surface area contributed by atoms with E-state index in [2.05, 4.69) is 81.1 Å². The Kier molecular flexibility index (Phi) is 5.73. The molecule has 1 aromatic carbocycles. The van der Waals surface area contributed by atoms with Crippen molar-refractivity contribution in [1.82, 2.24) is 30.4 Å². The van der Waals surface area contributed by atoms with Gasteiger partial charge in [0.05, 0.1) is 6.20 Å². The number of nitrogens with zero attached hydrogens (tertiary/aromatic N) is 6. The van der Waals surface area contributed by atoms with Crippen LogP contribution in [0.2, 0.25) is 0 Å². The monoisotopic (exact) mass is 434 g/mol. The normalized spacial score (nSPS) is 22.6. The molecular weight excluding hydrogens is 400 g/mol.